The quantitative estimate of drug-likeness (QED) is 0.716. The molecule has 4 heteroatoms. The van der Waals surface area contributed by atoms with Crippen molar-refractivity contribution in [3.05, 3.63) is 0 Å². The highest BCUT2D eigenvalue weighted by Crippen LogP contribution is 2.31. The number of alkyl halides is 2. The van der Waals surface area contributed by atoms with Gasteiger partial charge in [0.2, 0.25) is 0 Å². The smallest absolute Gasteiger partial charge is 0.272 e. The van der Waals surface area contributed by atoms with E-state index in [4.69, 9.17) is 5.73 Å². The third kappa shape index (κ3) is 3.88. The summed E-state index contributed by atoms with van der Waals surface area (Å²) in [5, 5.41) is 0. The fourth-order valence-electron chi connectivity index (χ4n) is 1.45. The number of halogens is 2. The van der Waals surface area contributed by atoms with Crippen molar-refractivity contribution in [2.24, 2.45) is 11.7 Å². The summed E-state index contributed by atoms with van der Waals surface area (Å²) in [7, 11) is 0. The van der Waals surface area contributed by atoms with E-state index in [1.807, 2.05) is 18.7 Å². The maximum absolute atomic E-state index is 13.1. The minimum absolute atomic E-state index is 0.174. The molecule has 1 fully saturated rings. The van der Waals surface area contributed by atoms with Crippen molar-refractivity contribution >= 4 is 0 Å². The van der Waals surface area contributed by atoms with E-state index in [0.717, 1.165) is 6.54 Å². The van der Waals surface area contributed by atoms with E-state index in [9.17, 15) is 8.78 Å². The van der Waals surface area contributed by atoms with Crippen LogP contribution < -0.4 is 5.73 Å². The van der Waals surface area contributed by atoms with E-state index in [1.165, 1.54) is 12.8 Å². The van der Waals surface area contributed by atoms with Crippen LogP contribution in [0, 0.1) is 5.92 Å². The minimum Gasteiger partial charge on any atom is -0.325 e. The van der Waals surface area contributed by atoms with Gasteiger partial charge in [0.05, 0.1) is 13.1 Å². The first kappa shape index (κ1) is 11.9. The van der Waals surface area contributed by atoms with Gasteiger partial charge in [-0.2, -0.15) is 0 Å². The van der Waals surface area contributed by atoms with E-state index in [1.54, 1.807) is 0 Å². The van der Waals surface area contributed by atoms with Crippen LogP contribution in [0.15, 0.2) is 0 Å². The molecule has 84 valence electrons. The van der Waals surface area contributed by atoms with Gasteiger partial charge in [-0.15, -0.1) is 0 Å². The van der Waals surface area contributed by atoms with Crippen LogP contribution in [-0.2, 0) is 0 Å². The van der Waals surface area contributed by atoms with E-state index >= 15 is 0 Å². The second kappa shape index (κ2) is 4.53. The summed E-state index contributed by atoms with van der Waals surface area (Å²) < 4.78 is 26.1. The van der Waals surface area contributed by atoms with Crippen LogP contribution in [-0.4, -0.2) is 36.5 Å². The van der Waals surface area contributed by atoms with Gasteiger partial charge in [0, 0.05) is 12.6 Å². The molecule has 2 nitrogen and oxygen atoms in total. The van der Waals surface area contributed by atoms with Crippen LogP contribution in [0.5, 0.6) is 0 Å². The van der Waals surface area contributed by atoms with Crippen LogP contribution in [0.25, 0.3) is 0 Å². The number of hydrogen-bond acceptors (Lipinski definition) is 2. The van der Waals surface area contributed by atoms with Crippen molar-refractivity contribution in [1.82, 2.24) is 4.90 Å². The maximum Gasteiger partial charge on any atom is 0.272 e. The van der Waals surface area contributed by atoms with Crippen molar-refractivity contribution in [2.75, 3.05) is 19.6 Å². The Kier molecular flexibility index (Phi) is 3.84. The maximum atomic E-state index is 13.1. The van der Waals surface area contributed by atoms with Gasteiger partial charge >= 0.3 is 0 Å². The fourth-order valence-corrected chi connectivity index (χ4v) is 1.45. The van der Waals surface area contributed by atoms with Crippen LogP contribution in [0.3, 0.4) is 0 Å². The topological polar surface area (TPSA) is 29.3 Å². The molecule has 0 aromatic carbocycles. The minimum atomic E-state index is -2.74. The van der Waals surface area contributed by atoms with Crippen LogP contribution in [0.2, 0.25) is 0 Å². The zero-order chi connectivity index (χ0) is 10.8. The van der Waals surface area contributed by atoms with Gasteiger partial charge in [-0.05, 0) is 32.6 Å². The molecule has 0 spiro atoms. The third-order valence-corrected chi connectivity index (χ3v) is 2.65. The summed E-state index contributed by atoms with van der Waals surface area (Å²) in [5.74, 6) is -2.09. The molecular formula is C10H20F2N2. The summed E-state index contributed by atoms with van der Waals surface area (Å²) in [5.41, 5.74) is 5.02. The van der Waals surface area contributed by atoms with Crippen LogP contribution >= 0.6 is 0 Å². The lowest BCUT2D eigenvalue weighted by Gasteiger charge is -2.29. The summed E-state index contributed by atoms with van der Waals surface area (Å²) in [6.45, 7) is 3.95. The Hall–Kier alpha value is -0.220. The molecule has 0 aromatic heterocycles. The molecule has 0 atom stereocenters. The Morgan fingerprint density at radius 3 is 2.36 bits per heavy atom. The molecule has 0 unspecified atom stereocenters. The van der Waals surface area contributed by atoms with Crippen LogP contribution in [0.4, 0.5) is 8.78 Å². The van der Waals surface area contributed by atoms with Gasteiger partial charge in [0.1, 0.15) is 0 Å². The van der Waals surface area contributed by atoms with Crippen molar-refractivity contribution in [3.8, 4) is 0 Å². The lowest BCUT2D eigenvalue weighted by Crippen LogP contribution is -2.45. The molecule has 2 N–H and O–H groups in total. The van der Waals surface area contributed by atoms with Gasteiger partial charge in [-0.3, -0.25) is 4.90 Å². The highest BCUT2D eigenvalue weighted by molar-refractivity contribution is 4.82. The van der Waals surface area contributed by atoms with Crippen molar-refractivity contribution in [3.63, 3.8) is 0 Å². The standard InChI is InChI=1S/C10H20F2N2/c1-8(2)14(5-9-3-4-9)7-10(11,12)6-13/h8-9H,3-7,13H2,1-2H3. The molecule has 0 heterocycles. The summed E-state index contributed by atoms with van der Waals surface area (Å²) in [4.78, 5) is 1.84. The Morgan fingerprint density at radius 1 is 1.43 bits per heavy atom. The van der Waals surface area contributed by atoms with Gasteiger partial charge in [0.15, 0.2) is 0 Å². The largest absolute Gasteiger partial charge is 0.325 e. The number of rotatable bonds is 6. The summed E-state index contributed by atoms with van der Waals surface area (Å²) in [6.07, 6.45) is 2.38. The first-order chi connectivity index (χ1) is 6.44. The summed E-state index contributed by atoms with van der Waals surface area (Å²) >= 11 is 0. The second-order valence-corrected chi connectivity index (χ2v) is 4.53. The van der Waals surface area contributed by atoms with E-state index in [-0.39, 0.29) is 12.6 Å². The molecule has 1 saturated carbocycles. The molecular weight excluding hydrogens is 186 g/mol. The molecule has 1 aliphatic carbocycles. The van der Waals surface area contributed by atoms with Gasteiger partial charge in [-0.1, -0.05) is 0 Å². The third-order valence-electron chi connectivity index (χ3n) is 2.65. The zero-order valence-corrected chi connectivity index (χ0v) is 8.97. The first-order valence-corrected chi connectivity index (χ1v) is 5.26. The molecule has 0 bridgehead atoms. The lowest BCUT2D eigenvalue weighted by atomic mass is 10.2. The average molecular weight is 206 g/mol. The molecule has 1 rings (SSSR count). The molecule has 0 aromatic rings. The Balaban J connectivity index is 2.41. The number of nitrogens with two attached hydrogens (primary N) is 1. The van der Waals surface area contributed by atoms with E-state index in [2.05, 4.69) is 0 Å². The van der Waals surface area contributed by atoms with Crippen molar-refractivity contribution in [2.45, 2.75) is 38.7 Å². The Labute approximate surface area is 84.4 Å². The molecule has 0 radical (unpaired) electrons. The first-order valence-electron chi connectivity index (χ1n) is 5.26. The molecule has 0 amide bonds. The Bertz CT molecular complexity index is 179. The number of nitrogens with zero attached hydrogens (tertiary/aromatic N) is 1. The highest BCUT2D eigenvalue weighted by atomic mass is 19.3. The normalized spacial score (nSPS) is 18.2. The molecule has 1 aliphatic rings. The fraction of sp³-hybridized carbons (Fsp3) is 1.00. The van der Waals surface area contributed by atoms with E-state index < -0.39 is 12.5 Å². The zero-order valence-electron chi connectivity index (χ0n) is 8.97. The predicted octanol–water partition coefficient (Wildman–Crippen LogP) is 1.70. The average Bonchev–Trinajstić information content (AvgIpc) is 2.86. The molecule has 0 aliphatic heterocycles. The van der Waals surface area contributed by atoms with Gasteiger partial charge < -0.3 is 5.73 Å². The predicted molar refractivity (Wildman–Crippen MR) is 53.4 cm³/mol. The SMILES string of the molecule is CC(C)N(CC1CC1)CC(F)(F)CN. The molecule has 0 saturated heterocycles. The highest BCUT2D eigenvalue weighted by Gasteiger charge is 2.33. The monoisotopic (exact) mass is 206 g/mol. The lowest BCUT2D eigenvalue weighted by molar-refractivity contribution is -0.0320. The summed E-state index contributed by atoms with van der Waals surface area (Å²) in [6, 6.07) is 0.174. The Morgan fingerprint density at radius 2 is 2.00 bits per heavy atom. The van der Waals surface area contributed by atoms with Gasteiger partial charge in [-0.25, -0.2) is 8.78 Å². The second-order valence-electron chi connectivity index (χ2n) is 4.53. The van der Waals surface area contributed by atoms with Crippen LogP contribution in [0.1, 0.15) is 26.7 Å². The van der Waals surface area contributed by atoms with Crippen molar-refractivity contribution in [1.29, 1.82) is 0 Å². The van der Waals surface area contributed by atoms with E-state index in [0.29, 0.717) is 5.92 Å². The molecule has 14 heavy (non-hydrogen) atoms. The van der Waals surface area contributed by atoms with Crippen molar-refractivity contribution < 1.29 is 8.78 Å². The number of hydrogen-bond donors (Lipinski definition) is 1. The van der Waals surface area contributed by atoms with Gasteiger partial charge in [0.25, 0.3) is 5.92 Å².